The molecule has 5 fully saturated rings. The van der Waals surface area contributed by atoms with Crippen LogP contribution in [-0.2, 0) is 23.7 Å². The zero-order chi connectivity index (χ0) is 72.8. The summed E-state index contributed by atoms with van der Waals surface area (Å²) < 4.78 is 43.1. The molecule has 0 aromatic carbocycles. The maximum absolute atomic E-state index is 13.4. The quantitative estimate of drug-likeness (QED) is 0.0577. The standard InChI is InChI=1S/C11H12ClN3O5.C11H12FN3O5.C11H13N3O5.2C10H12N4O5/c2*1-2-11(19)7(17)6(4-16)20-9(11)15-3-5(12)8(13)14-10(15)18;1-2-11(18)8(16)6(5-15)19-9(11)14-4-3-7(12)13-10(14)17;1-2-10(18)7(16)5(4-15)19-8(10)14-9(17)13-6(11)3-12-14;1-2-10(18)6(16)5(3-15)19-7(10)14-4-12-8(11)13-9(14)17/h2*1,3,6-7,9,16-17,19H,4H2,(H2,13,14,18);1,3-4,6,8-9,15-16,18H,5H2,(H2,12,13,17);1,3,5,7-8,15-16,18H,4H2,(H2,11,13,17);1,4-7,15-16,18H,3H2,(H2,11,13,17)/t2*6-,7-,9-,11-;6-,8-,9-,11-;5-,7-,8-,10-;5-,6-,7-,10-/m11111/s1. The minimum atomic E-state index is -2.32. The molecule has 522 valence electrons. The second kappa shape index (κ2) is 30.3. The lowest BCUT2D eigenvalue weighted by Gasteiger charge is -2.26. The number of aliphatic hydroxyl groups excluding tert-OH is 10. The van der Waals surface area contributed by atoms with Crippen LogP contribution in [0.1, 0.15) is 31.1 Å². The van der Waals surface area contributed by atoms with Gasteiger partial charge in [-0.15, -0.1) is 32.1 Å². The highest BCUT2D eigenvalue weighted by molar-refractivity contribution is 6.32. The van der Waals surface area contributed by atoms with Crippen LogP contribution in [0.15, 0.2) is 61.2 Å². The summed E-state index contributed by atoms with van der Waals surface area (Å²) in [6.45, 7) is -2.96. The molecule has 25 N–H and O–H groups in total. The molecule has 0 unspecified atom stereocenters. The number of hydrogen-bond donors (Lipinski definition) is 20. The van der Waals surface area contributed by atoms with E-state index in [9.17, 15) is 79.4 Å². The fraction of sp³-hybridized carbons (Fsp3) is 0.472. The molecule has 10 heterocycles. The second-order valence-electron chi connectivity index (χ2n) is 20.8. The van der Waals surface area contributed by atoms with E-state index in [-0.39, 0.29) is 28.4 Å². The first-order chi connectivity index (χ1) is 45.5. The first-order valence-electron chi connectivity index (χ1n) is 27.1. The third-order valence-corrected chi connectivity index (χ3v) is 15.2. The summed E-state index contributed by atoms with van der Waals surface area (Å²) in [6.07, 6.45) is 10.0. The average Bonchev–Trinajstić information content (AvgIpc) is 1.67. The van der Waals surface area contributed by atoms with Gasteiger partial charge in [0.25, 0.3) is 0 Å². The maximum atomic E-state index is 13.4. The highest BCUT2D eigenvalue weighted by Crippen LogP contribution is 2.42. The molecule has 5 aromatic heterocycles. The fourth-order valence-corrected chi connectivity index (χ4v) is 9.76. The molecule has 5 saturated heterocycles. The van der Waals surface area contributed by atoms with Crippen molar-refractivity contribution in [1.82, 2.24) is 58.0 Å². The fourth-order valence-electron chi connectivity index (χ4n) is 9.61. The predicted octanol–water partition coefficient (Wildman–Crippen LogP) is -13.2. The van der Waals surface area contributed by atoms with Gasteiger partial charge < -0.3 is 129 Å². The van der Waals surface area contributed by atoms with Crippen molar-refractivity contribution in [3.05, 3.63) is 100 Å². The molecule has 5 aromatic rings. The molecule has 0 radical (unpaired) electrons. The molecule has 0 spiro atoms. The Morgan fingerprint density at radius 3 is 1.18 bits per heavy atom. The smallest absolute Gasteiger partial charge is 0.368 e. The first kappa shape index (κ1) is 76.5. The van der Waals surface area contributed by atoms with E-state index in [0.717, 1.165) is 32.4 Å². The summed E-state index contributed by atoms with van der Waals surface area (Å²) >= 11 is 5.76. The van der Waals surface area contributed by atoms with Crippen LogP contribution >= 0.6 is 11.6 Å². The van der Waals surface area contributed by atoms with E-state index in [4.69, 9.17) is 122 Å². The van der Waals surface area contributed by atoms with E-state index >= 15 is 0 Å². The van der Waals surface area contributed by atoms with Crippen molar-refractivity contribution < 1.29 is 105 Å². The SMILES string of the molecule is C#C[C@@]1(O)[C@H](O)[C@@H](CO)O[C@H]1n1cc(Cl)c(N)nc1=O.C#C[C@@]1(O)[C@H](O)[C@@H](CO)O[C@H]1n1cc(F)c(N)nc1=O.C#C[C@@]1(O)[C@H](O)[C@@H](CO)O[C@H]1n1ccc(N)nc1=O.C#C[C@@]1(O)[C@H](O)[C@@H](CO)O[C@H]1n1cnc(N)nc1=O.C#C[C@@]1(O)[C@H](O)[C@@H](CO)O[C@H]1n1ncc(N)nc1=O. The van der Waals surface area contributed by atoms with Crippen LogP contribution in [0.25, 0.3) is 0 Å². The Hall–Kier alpha value is -9.52. The molecule has 44 heteroatoms. The lowest BCUT2D eigenvalue weighted by atomic mass is 9.95. The second-order valence-corrected chi connectivity index (χ2v) is 21.2. The number of halogens is 2. The average molecular weight is 1390 g/mol. The van der Waals surface area contributed by atoms with Gasteiger partial charge in [0.05, 0.1) is 50.5 Å². The highest BCUT2D eigenvalue weighted by atomic mass is 35.5. The summed E-state index contributed by atoms with van der Waals surface area (Å²) in [5, 5.41) is 149. The predicted molar refractivity (Wildman–Crippen MR) is 319 cm³/mol. The zero-order valence-corrected chi connectivity index (χ0v) is 50.1. The molecule has 5 aliphatic rings. The number of ether oxygens (including phenoxy) is 5. The summed E-state index contributed by atoms with van der Waals surface area (Å²) in [7, 11) is 0. The van der Waals surface area contributed by atoms with Crippen molar-refractivity contribution >= 4 is 40.8 Å². The van der Waals surface area contributed by atoms with Crippen LogP contribution in [-0.4, -0.2) is 257 Å². The lowest BCUT2D eigenvalue weighted by Crippen LogP contribution is -2.48. The van der Waals surface area contributed by atoms with Crippen molar-refractivity contribution in [3.63, 3.8) is 0 Å². The van der Waals surface area contributed by atoms with Gasteiger partial charge in [-0.1, -0.05) is 41.2 Å². The molecule has 0 aliphatic carbocycles. The third-order valence-electron chi connectivity index (χ3n) is 14.9. The number of aliphatic hydroxyl groups is 15. The molecule has 97 heavy (non-hydrogen) atoms. The molecule has 0 saturated carbocycles. The van der Waals surface area contributed by atoms with Crippen molar-refractivity contribution in [2.24, 2.45) is 0 Å². The molecular formula is C53H61ClFN17O25. The van der Waals surface area contributed by atoms with Crippen molar-refractivity contribution in [2.75, 3.05) is 61.7 Å². The van der Waals surface area contributed by atoms with Crippen LogP contribution in [0.2, 0.25) is 5.02 Å². The molecule has 10 rings (SSSR count). The Kier molecular flexibility index (Phi) is 23.9. The topological polar surface area (TPSA) is 680 Å². The monoisotopic (exact) mass is 1390 g/mol. The number of rotatable bonds is 10. The zero-order valence-electron chi connectivity index (χ0n) is 49.3. The minimum absolute atomic E-state index is 0.00255. The van der Waals surface area contributed by atoms with Crippen molar-refractivity contribution in [3.8, 4) is 61.7 Å². The van der Waals surface area contributed by atoms with Gasteiger partial charge in [-0.2, -0.15) is 34.7 Å². The van der Waals surface area contributed by atoms with Crippen LogP contribution < -0.4 is 57.1 Å². The number of terminal acetylenes is 5. The normalized spacial score (nSPS) is 33.7. The minimum Gasteiger partial charge on any atom is -0.394 e. The van der Waals surface area contributed by atoms with Crippen LogP contribution in [0.4, 0.5) is 33.6 Å². The van der Waals surface area contributed by atoms with Gasteiger partial charge in [0.1, 0.15) is 84.8 Å². The Labute approximate surface area is 546 Å². The Morgan fingerprint density at radius 2 is 0.804 bits per heavy atom. The molecule has 5 aliphatic heterocycles. The van der Waals surface area contributed by atoms with E-state index < -0.39 is 193 Å². The highest BCUT2D eigenvalue weighted by Gasteiger charge is 2.60. The van der Waals surface area contributed by atoms with E-state index in [1.807, 2.05) is 29.6 Å². The van der Waals surface area contributed by atoms with Crippen LogP contribution in [0.5, 0.6) is 0 Å². The number of nitrogens with zero attached hydrogens (tertiary/aromatic N) is 12. The van der Waals surface area contributed by atoms with E-state index in [2.05, 4.69) is 35.0 Å². The Balaban J connectivity index is 0.000000192. The summed E-state index contributed by atoms with van der Waals surface area (Å²) in [6, 6.07) is 1.32. The van der Waals surface area contributed by atoms with E-state index in [0.29, 0.717) is 15.4 Å². The molecule has 0 bridgehead atoms. The number of anilines is 5. The summed E-state index contributed by atoms with van der Waals surface area (Å²) in [4.78, 5) is 79.0. The Morgan fingerprint density at radius 1 is 0.474 bits per heavy atom. The van der Waals surface area contributed by atoms with E-state index in [1.54, 1.807) is 0 Å². The van der Waals surface area contributed by atoms with Crippen LogP contribution in [0.3, 0.4) is 0 Å². The van der Waals surface area contributed by atoms with Gasteiger partial charge in [0.15, 0.2) is 65.2 Å². The van der Waals surface area contributed by atoms with Gasteiger partial charge in [-0.25, -0.2) is 33.3 Å². The lowest BCUT2D eigenvalue weighted by molar-refractivity contribution is -0.0835. The van der Waals surface area contributed by atoms with E-state index in [1.165, 1.54) is 12.3 Å². The molecule has 0 amide bonds. The van der Waals surface area contributed by atoms with Gasteiger partial charge >= 0.3 is 28.4 Å². The third kappa shape index (κ3) is 14.5. The van der Waals surface area contributed by atoms with Gasteiger partial charge in [0.2, 0.25) is 11.5 Å². The molecule has 20 atom stereocenters. The first-order valence-corrected chi connectivity index (χ1v) is 27.5. The van der Waals surface area contributed by atoms with Crippen molar-refractivity contribution in [1.29, 1.82) is 0 Å². The number of nitrogens with two attached hydrogens (primary N) is 5. The summed E-state index contributed by atoms with van der Waals surface area (Å²) in [5.74, 6) is 7.61. The van der Waals surface area contributed by atoms with Crippen molar-refractivity contribution in [2.45, 2.75) is 120 Å². The maximum Gasteiger partial charge on any atom is 0.368 e. The van der Waals surface area contributed by atoms with Gasteiger partial charge in [-0.05, 0) is 6.07 Å². The Bertz CT molecular complexity index is 3880. The van der Waals surface area contributed by atoms with Gasteiger partial charge in [0, 0.05) is 12.4 Å². The number of hydrogen-bond acceptors (Lipinski definition) is 37. The van der Waals surface area contributed by atoms with Crippen LogP contribution in [0, 0.1) is 67.5 Å². The molecule has 42 nitrogen and oxygen atoms in total. The summed E-state index contributed by atoms with van der Waals surface area (Å²) in [5.41, 5.74) is 10.9. The number of aromatic nitrogens is 12. The largest absolute Gasteiger partial charge is 0.394 e. The number of nitrogen functional groups attached to an aromatic ring is 5. The van der Waals surface area contributed by atoms with Gasteiger partial charge in [-0.3, -0.25) is 18.3 Å². The molecular weight excluding hydrogens is 1330 g/mol.